The minimum Gasteiger partial charge on any atom is -0.478 e. The maximum Gasteiger partial charge on any atom is 0.343 e. The highest BCUT2D eigenvalue weighted by atomic mass is 19.1. The van der Waals surface area contributed by atoms with E-state index in [2.05, 4.69) is 10.2 Å². The van der Waals surface area contributed by atoms with Gasteiger partial charge in [-0.1, -0.05) is 6.07 Å². The van der Waals surface area contributed by atoms with Gasteiger partial charge in [0.2, 0.25) is 0 Å². The standard InChI is InChI=1S/C12H10FN3O3/c13-10-3-1-8(2-4-11(17)18)5-9(10)6-16-7-14-15-12(16)19/h1-5,7H,6H2,(H,15,19)(H,17,18)/b4-2+. The van der Waals surface area contributed by atoms with Crippen LogP contribution in [0.25, 0.3) is 6.08 Å². The number of halogens is 1. The second-order valence-corrected chi connectivity index (χ2v) is 3.81. The van der Waals surface area contributed by atoms with Crippen LogP contribution in [-0.4, -0.2) is 25.8 Å². The van der Waals surface area contributed by atoms with Gasteiger partial charge in [0.15, 0.2) is 0 Å². The normalized spacial score (nSPS) is 11.0. The number of aromatic amines is 1. The molecule has 0 unspecified atom stereocenters. The Kier molecular flexibility index (Phi) is 3.56. The van der Waals surface area contributed by atoms with Crippen LogP contribution in [0.1, 0.15) is 11.1 Å². The van der Waals surface area contributed by atoms with Crippen LogP contribution in [0.15, 0.2) is 35.4 Å². The third-order valence-electron chi connectivity index (χ3n) is 2.45. The number of nitrogens with zero attached hydrogens (tertiary/aromatic N) is 2. The average molecular weight is 263 g/mol. The molecule has 2 rings (SSSR count). The predicted molar refractivity (Wildman–Crippen MR) is 65.0 cm³/mol. The second-order valence-electron chi connectivity index (χ2n) is 3.81. The average Bonchev–Trinajstić information content (AvgIpc) is 2.76. The number of nitrogens with one attached hydrogen (secondary N) is 1. The molecule has 0 saturated heterocycles. The van der Waals surface area contributed by atoms with E-state index in [9.17, 15) is 14.0 Å². The summed E-state index contributed by atoms with van der Waals surface area (Å²) >= 11 is 0. The third-order valence-corrected chi connectivity index (χ3v) is 2.45. The molecule has 7 heteroatoms. The van der Waals surface area contributed by atoms with Crippen LogP contribution in [0.4, 0.5) is 4.39 Å². The van der Waals surface area contributed by atoms with Crippen molar-refractivity contribution in [3.8, 4) is 0 Å². The molecule has 0 radical (unpaired) electrons. The molecule has 0 aliphatic rings. The van der Waals surface area contributed by atoms with Crippen molar-refractivity contribution in [3.05, 3.63) is 58.0 Å². The van der Waals surface area contributed by atoms with Crippen molar-refractivity contribution in [3.63, 3.8) is 0 Å². The van der Waals surface area contributed by atoms with Gasteiger partial charge in [0.05, 0.1) is 6.54 Å². The van der Waals surface area contributed by atoms with Crippen molar-refractivity contribution in [1.29, 1.82) is 0 Å². The minimum absolute atomic E-state index is 0.0237. The summed E-state index contributed by atoms with van der Waals surface area (Å²) in [6, 6.07) is 4.16. The lowest BCUT2D eigenvalue weighted by atomic mass is 10.1. The van der Waals surface area contributed by atoms with E-state index in [1.165, 1.54) is 35.2 Å². The van der Waals surface area contributed by atoms with Gasteiger partial charge in [-0.15, -0.1) is 0 Å². The van der Waals surface area contributed by atoms with Crippen molar-refractivity contribution >= 4 is 12.0 Å². The largest absolute Gasteiger partial charge is 0.478 e. The molecule has 1 heterocycles. The quantitative estimate of drug-likeness (QED) is 0.801. The van der Waals surface area contributed by atoms with Crippen molar-refractivity contribution in [2.75, 3.05) is 0 Å². The Morgan fingerprint density at radius 3 is 2.95 bits per heavy atom. The van der Waals surface area contributed by atoms with Gasteiger partial charge in [0.25, 0.3) is 0 Å². The van der Waals surface area contributed by atoms with Gasteiger partial charge in [-0.25, -0.2) is 19.1 Å². The lowest BCUT2D eigenvalue weighted by Gasteiger charge is -2.04. The molecule has 19 heavy (non-hydrogen) atoms. The number of hydrogen-bond donors (Lipinski definition) is 2. The number of benzene rings is 1. The fourth-order valence-corrected chi connectivity index (χ4v) is 1.55. The molecule has 2 aromatic rings. The predicted octanol–water partition coefficient (Wildman–Crippen LogP) is 0.857. The summed E-state index contributed by atoms with van der Waals surface area (Å²) in [5.41, 5.74) is 0.372. The first-order chi connectivity index (χ1) is 9.06. The topological polar surface area (TPSA) is 88.0 Å². The van der Waals surface area contributed by atoms with Crippen molar-refractivity contribution < 1.29 is 14.3 Å². The molecule has 0 bridgehead atoms. The van der Waals surface area contributed by atoms with Crippen LogP contribution < -0.4 is 5.69 Å². The van der Waals surface area contributed by atoms with E-state index in [0.717, 1.165) is 6.08 Å². The summed E-state index contributed by atoms with van der Waals surface area (Å²) in [4.78, 5) is 21.7. The summed E-state index contributed by atoms with van der Waals surface area (Å²) in [5.74, 6) is -1.56. The number of aromatic nitrogens is 3. The van der Waals surface area contributed by atoms with Crippen LogP contribution in [0.2, 0.25) is 0 Å². The zero-order chi connectivity index (χ0) is 13.8. The lowest BCUT2D eigenvalue weighted by molar-refractivity contribution is -0.131. The zero-order valence-electron chi connectivity index (χ0n) is 9.71. The van der Waals surface area contributed by atoms with Crippen LogP contribution in [0.3, 0.4) is 0 Å². The fourth-order valence-electron chi connectivity index (χ4n) is 1.55. The number of carbonyl (C=O) groups is 1. The SMILES string of the molecule is O=C(O)/C=C/c1ccc(F)c(Cn2cn[nH]c2=O)c1. The van der Waals surface area contributed by atoms with Crippen molar-refractivity contribution in [1.82, 2.24) is 14.8 Å². The number of carboxylic acids is 1. The van der Waals surface area contributed by atoms with E-state index in [1.54, 1.807) is 0 Å². The third kappa shape index (κ3) is 3.15. The van der Waals surface area contributed by atoms with Gasteiger partial charge in [-0.05, 0) is 23.8 Å². The van der Waals surface area contributed by atoms with E-state index in [-0.39, 0.29) is 12.1 Å². The molecule has 6 nitrogen and oxygen atoms in total. The van der Waals surface area contributed by atoms with Gasteiger partial charge in [-0.3, -0.25) is 4.57 Å². The lowest BCUT2D eigenvalue weighted by Crippen LogP contribution is -2.17. The molecule has 0 fully saturated rings. The first kappa shape index (κ1) is 12.7. The Morgan fingerprint density at radius 1 is 1.53 bits per heavy atom. The summed E-state index contributed by atoms with van der Waals surface area (Å²) in [7, 11) is 0. The number of aliphatic carboxylic acids is 1. The highest BCUT2D eigenvalue weighted by Crippen LogP contribution is 2.12. The molecule has 0 aliphatic heterocycles. The Balaban J connectivity index is 2.30. The first-order valence-electron chi connectivity index (χ1n) is 5.35. The van der Waals surface area contributed by atoms with Gasteiger partial charge in [0.1, 0.15) is 12.1 Å². The molecule has 0 saturated carbocycles. The molecular weight excluding hydrogens is 253 g/mol. The maximum absolute atomic E-state index is 13.6. The number of H-pyrrole nitrogens is 1. The number of hydrogen-bond acceptors (Lipinski definition) is 3. The Morgan fingerprint density at radius 2 is 2.32 bits per heavy atom. The molecular formula is C12H10FN3O3. The molecule has 1 aromatic carbocycles. The molecule has 2 N–H and O–H groups in total. The van der Waals surface area contributed by atoms with Gasteiger partial charge in [-0.2, -0.15) is 5.10 Å². The van der Waals surface area contributed by atoms with E-state index in [4.69, 9.17) is 5.11 Å². The Bertz CT molecular complexity index is 688. The second kappa shape index (κ2) is 5.30. The fraction of sp³-hybridized carbons (Fsp3) is 0.0833. The van der Waals surface area contributed by atoms with Gasteiger partial charge in [0, 0.05) is 11.6 Å². The molecule has 0 aliphatic carbocycles. The minimum atomic E-state index is -1.09. The molecule has 0 amide bonds. The van der Waals surface area contributed by atoms with Crippen molar-refractivity contribution in [2.24, 2.45) is 0 Å². The number of carboxylic acid groups (broad SMARTS) is 1. The van der Waals surface area contributed by atoms with Crippen LogP contribution in [0, 0.1) is 5.82 Å². The Hall–Kier alpha value is -2.70. The summed E-state index contributed by atoms with van der Waals surface area (Å²) in [6.07, 6.45) is 3.58. The highest BCUT2D eigenvalue weighted by molar-refractivity contribution is 5.85. The van der Waals surface area contributed by atoms with Gasteiger partial charge >= 0.3 is 11.7 Å². The maximum atomic E-state index is 13.6. The summed E-state index contributed by atoms with van der Waals surface area (Å²) < 4.78 is 14.8. The van der Waals surface area contributed by atoms with Crippen LogP contribution in [-0.2, 0) is 11.3 Å². The van der Waals surface area contributed by atoms with E-state index in [0.29, 0.717) is 5.56 Å². The van der Waals surface area contributed by atoms with Crippen LogP contribution in [0.5, 0.6) is 0 Å². The molecule has 0 spiro atoms. The summed E-state index contributed by atoms with van der Waals surface area (Å²) in [5, 5.41) is 14.3. The molecule has 1 aromatic heterocycles. The van der Waals surface area contributed by atoms with E-state index in [1.807, 2.05) is 0 Å². The smallest absolute Gasteiger partial charge is 0.343 e. The van der Waals surface area contributed by atoms with Crippen LogP contribution >= 0.6 is 0 Å². The molecule has 98 valence electrons. The van der Waals surface area contributed by atoms with E-state index < -0.39 is 17.5 Å². The summed E-state index contributed by atoms with van der Waals surface area (Å²) in [6.45, 7) is 0.0237. The van der Waals surface area contributed by atoms with E-state index >= 15 is 0 Å². The monoisotopic (exact) mass is 263 g/mol. The number of rotatable bonds is 4. The Labute approximate surface area is 106 Å². The first-order valence-corrected chi connectivity index (χ1v) is 5.35. The highest BCUT2D eigenvalue weighted by Gasteiger charge is 2.06. The van der Waals surface area contributed by atoms with Crippen molar-refractivity contribution in [2.45, 2.75) is 6.54 Å². The molecule has 0 atom stereocenters. The van der Waals surface area contributed by atoms with Gasteiger partial charge < -0.3 is 5.11 Å². The zero-order valence-corrected chi connectivity index (χ0v) is 9.71.